The molecular weight excluding hydrogens is 374 g/mol. The predicted octanol–water partition coefficient (Wildman–Crippen LogP) is 3.46. The van der Waals surface area contributed by atoms with E-state index in [2.05, 4.69) is 10.2 Å². The van der Waals surface area contributed by atoms with E-state index in [1.54, 1.807) is 21.7 Å². The molecule has 136 valence electrons. The maximum atomic E-state index is 12.4. The van der Waals surface area contributed by atoms with Gasteiger partial charge < -0.3 is 14.1 Å². The van der Waals surface area contributed by atoms with Crippen LogP contribution in [0.3, 0.4) is 0 Å². The lowest BCUT2D eigenvalue weighted by atomic mass is 10.3. The van der Waals surface area contributed by atoms with E-state index in [1.165, 1.54) is 22.7 Å². The predicted molar refractivity (Wildman–Crippen MR) is 97.9 cm³/mol. The van der Waals surface area contributed by atoms with Gasteiger partial charge >= 0.3 is 5.97 Å². The number of aromatic nitrogens is 2. The average Bonchev–Trinajstić information content (AvgIpc) is 3.40. The van der Waals surface area contributed by atoms with E-state index in [0.717, 1.165) is 11.3 Å². The Hall–Kier alpha value is -2.52. The summed E-state index contributed by atoms with van der Waals surface area (Å²) >= 11 is 2.90. The Morgan fingerprint density at radius 1 is 1.27 bits per heavy atom. The van der Waals surface area contributed by atoms with Crippen molar-refractivity contribution in [2.75, 3.05) is 13.2 Å². The number of ether oxygens (including phenoxy) is 1. The van der Waals surface area contributed by atoms with Gasteiger partial charge in [0.15, 0.2) is 6.61 Å². The number of hydrogen-bond acceptors (Lipinski definition) is 8. The van der Waals surface area contributed by atoms with Crippen LogP contribution in [0.15, 0.2) is 38.8 Å². The fourth-order valence-electron chi connectivity index (χ4n) is 2.22. The van der Waals surface area contributed by atoms with Gasteiger partial charge in [0.25, 0.3) is 11.8 Å². The number of nitrogens with zero attached hydrogens (tertiary/aromatic N) is 3. The summed E-state index contributed by atoms with van der Waals surface area (Å²) in [5.74, 6) is -0.0257. The number of thiophene rings is 2. The molecule has 0 aliphatic rings. The number of hydrogen-bond donors (Lipinski definition) is 0. The smallest absolute Gasteiger partial charge is 0.339 e. The van der Waals surface area contributed by atoms with Crippen molar-refractivity contribution < 1.29 is 18.7 Å². The first-order valence-corrected chi connectivity index (χ1v) is 9.83. The summed E-state index contributed by atoms with van der Waals surface area (Å²) in [4.78, 5) is 26.7. The molecule has 7 nitrogen and oxygen atoms in total. The van der Waals surface area contributed by atoms with Crippen LogP contribution in [0.1, 0.15) is 29.6 Å². The molecule has 0 unspecified atom stereocenters. The minimum Gasteiger partial charge on any atom is -0.452 e. The number of esters is 1. The normalized spacial score (nSPS) is 10.7. The van der Waals surface area contributed by atoms with Crippen molar-refractivity contribution in [1.82, 2.24) is 15.1 Å². The summed E-state index contributed by atoms with van der Waals surface area (Å²) in [7, 11) is 0. The number of rotatable bonds is 8. The second-order valence-electron chi connectivity index (χ2n) is 5.38. The molecule has 26 heavy (non-hydrogen) atoms. The largest absolute Gasteiger partial charge is 0.452 e. The minimum atomic E-state index is -0.506. The van der Waals surface area contributed by atoms with E-state index in [1.807, 2.05) is 24.4 Å². The lowest BCUT2D eigenvalue weighted by molar-refractivity contribution is -0.135. The summed E-state index contributed by atoms with van der Waals surface area (Å²) in [5.41, 5.74) is 0.447. The maximum Gasteiger partial charge on any atom is 0.339 e. The highest BCUT2D eigenvalue weighted by Crippen LogP contribution is 2.23. The molecule has 1 amide bonds. The second-order valence-corrected chi connectivity index (χ2v) is 7.11. The molecule has 3 aromatic rings. The molecule has 0 aliphatic heterocycles. The third-order valence-electron chi connectivity index (χ3n) is 3.45. The van der Waals surface area contributed by atoms with Crippen LogP contribution in [-0.4, -0.2) is 40.1 Å². The Morgan fingerprint density at radius 3 is 2.85 bits per heavy atom. The fourth-order valence-corrected chi connectivity index (χ4v) is 3.49. The minimum absolute atomic E-state index is 0.182. The Labute approximate surface area is 158 Å². The molecule has 0 atom stereocenters. The first kappa shape index (κ1) is 18.3. The molecule has 0 radical (unpaired) electrons. The van der Waals surface area contributed by atoms with Crippen LogP contribution in [0.25, 0.3) is 10.8 Å². The van der Waals surface area contributed by atoms with Crippen molar-refractivity contribution in [3.8, 4) is 10.8 Å². The second kappa shape index (κ2) is 8.72. The Balaban J connectivity index is 1.59. The summed E-state index contributed by atoms with van der Waals surface area (Å²) in [6.45, 7) is 2.33. The molecule has 3 heterocycles. The van der Waals surface area contributed by atoms with Crippen molar-refractivity contribution in [2.24, 2.45) is 0 Å². The Morgan fingerprint density at radius 2 is 2.15 bits per heavy atom. The standard InChI is InChI=1S/C17H17N3O4S2/c1-2-6-20(15(21)10-23-17(22)12-5-8-25-11-12)9-14-18-19-16(24-14)13-4-3-7-26-13/h3-5,7-8,11H,2,6,9-10H2,1H3. The van der Waals surface area contributed by atoms with Gasteiger partial charge in [0.2, 0.25) is 5.89 Å². The molecule has 0 saturated heterocycles. The molecule has 3 aromatic heterocycles. The Kier molecular flexibility index (Phi) is 6.13. The first-order valence-electron chi connectivity index (χ1n) is 8.00. The lowest BCUT2D eigenvalue weighted by Crippen LogP contribution is -2.35. The third-order valence-corrected chi connectivity index (χ3v) is 5.00. The van der Waals surface area contributed by atoms with Gasteiger partial charge in [0.05, 0.1) is 17.0 Å². The van der Waals surface area contributed by atoms with Crippen molar-refractivity contribution >= 4 is 34.6 Å². The van der Waals surface area contributed by atoms with Gasteiger partial charge in [-0.3, -0.25) is 4.79 Å². The molecule has 0 saturated carbocycles. The Bertz CT molecular complexity index is 843. The zero-order chi connectivity index (χ0) is 18.4. The van der Waals surface area contributed by atoms with Crippen LogP contribution < -0.4 is 0 Å². The first-order chi connectivity index (χ1) is 12.7. The van der Waals surface area contributed by atoms with Crippen molar-refractivity contribution in [3.63, 3.8) is 0 Å². The van der Waals surface area contributed by atoms with E-state index in [-0.39, 0.29) is 19.1 Å². The zero-order valence-corrected chi connectivity index (χ0v) is 15.7. The zero-order valence-electron chi connectivity index (χ0n) is 14.1. The van der Waals surface area contributed by atoms with E-state index in [9.17, 15) is 9.59 Å². The van der Waals surface area contributed by atoms with Gasteiger partial charge in [-0.2, -0.15) is 11.3 Å². The van der Waals surface area contributed by atoms with Crippen LogP contribution >= 0.6 is 22.7 Å². The molecule has 0 aromatic carbocycles. The third kappa shape index (κ3) is 4.55. The molecule has 0 spiro atoms. The van der Waals surface area contributed by atoms with Crippen LogP contribution in [0, 0.1) is 0 Å². The number of amides is 1. The fraction of sp³-hybridized carbons (Fsp3) is 0.294. The quantitative estimate of drug-likeness (QED) is 0.547. The molecule has 0 fully saturated rings. The molecule has 0 bridgehead atoms. The molecular formula is C17H17N3O4S2. The van der Waals surface area contributed by atoms with Gasteiger partial charge in [-0.1, -0.05) is 13.0 Å². The molecule has 3 rings (SSSR count). The van der Waals surface area contributed by atoms with Gasteiger partial charge in [0, 0.05) is 11.9 Å². The van der Waals surface area contributed by atoms with Gasteiger partial charge in [-0.15, -0.1) is 21.5 Å². The van der Waals surface area contributed by atoms with E-state index in [0.29, 0.717) is 23.9 Å². The van der Waals surface area contributed by atoms with E-state index >= 15 is 0 Å². The molecule has 9 heteroatoms. The number of carbonyl (C=O) groups excluding carboxylic acids is 2. The summed E-state index contributed by atoms with van der Waals surface area (Å²) in [5, 5.41) is 13.4. The van der Waals surface area contributed by atoms with Crippen molar-refractivity contribution in [2.45, 2.75) is 19.9 Å². The SMILES string of the molecule is CCCN(Cc1nnc(-c2cccs2)o1)C(=O)COC(=O)c1ccsc1. The van der Waals surface area contributed by atoms with Crippen LogP contribution in [0.4, 0.5) is 0 Å². The van der Waals surface area contributed by atoms with E-state index < -0.39 is 5.97 Å². The summed E-state index contributed by atoms with van der Waals surface area (Å²) < 4.78 is 10.7. The average molecular weight is 391 g/mol. The monoisotopic (exact) mass is 391 g/mol. The molecule has 0 N–H and O–H groups in total. The van der Waals surface area contributed by atoms with Gasteiger partial charge in [-0.25, -0.2) is 4.79 Å². The van der Waals surface area contributed by atoms with E-state index in [4.69, 9.17) is 9.15 Å². The highest BCUT2D eigenvalue weighted by molar-refractivity contribution is 7.13. The van der Waals surface area contributed by atoms with Crippen LogP contribution in [0.5, 0.6) is 0 Å². The topological polar surface area (TPSA) is 85.5 Å². The summed E-state index contributed by atoms with van der Waals surface area (Å²) in [6, 6.07) is 5.45. The summed E-state index contributed by atoms with van der Waals surface area (Å²) in [6.07, 6.45) is 0.760. The highest BCUT2D eigenvalue weighted by atomic mass is 32.1. The van der Waals surface area contributed by atoms with Crippen molar-refractivity contribution in [3.05, 3.63) is 45.8 Å². The molecule has 0 aliphatic carbocycles. The van der Waals surface area contributed by atoms with Crippen LogP contribution in [0.2, 0.25) is 0 Å². The lowest BCUT2D eigenvalue weighted by Gasteiger charge is -2.19. The van der Waals surface area contributed by atoms with Crippen LogP contribution in [-0.2, 0) is 16.1 Å². The van der Waals surface area contributed by atoms with Gasteiger partial charge in [0.1, 0.15) is 0 Å². The number of carbonyl (C=O) groups is 2. The van der Waals surface area contributed by atoms with Gasteiger partial charge in [-0.05, 0) is 29.3 Å². The maximum absolute atomic E-state index is 12.4. The van der Waals surface area contributed by atoms with Crippen molar-refractivity contribution in [1.29, 1.82) is 0 Å². The highest BCUT2D eigenvalue weighted by Gasteiger charge is 2.19.